The number of alkyl halides is 1. The van der Waals surface area contributed by atoms with Crippen molar-refractivity contribution in [2.24, 2.45) is 5.92 Å². The third-order valence-corrected chi connectivity index (χ3v) is 5.08. The molecule has 1 aromatic rings. The van der Waals surface area contributed by atoms with Gasteiger partial charge in [0.15, 0.2) is 0 Å². The van der Waals surface area contributed by atoms with Gasteiger partial charge in [0, 0.05) is 16.1 Å². The summed E-state index contributed by atoms with van der Waals surface area (Å²) in [7, 11) is 0. The van der Waals surface area contributed by atoms with E-state index in [1.807, 2.05) is 11.3 Å². The molecule has 0 aromatic carbocycles. The first-order chi connectivity index (χ1) is 6.50. The second-order valence-corrected chi connectivity index (χ2v) is 6.51. The van der Waals surface area contributed by atoms with Crippen LogP contribution in [0.25, 0.3) is 0 Å². The quantitative estimate of drug-likeness (QED) is 0.754. The molecule has 0 aliphatic carbocycles. The number of hydrogen-bond donors (Lipinski definition) is 0. The van der Waals surface area contributed by atoms with E-state index in [1.165, 1.54) is 22.0 Å². The van der Waals surface area contributed by atoms with E-state index in [-0.39, 0.29) is 0 Å². The van der Waals surface area contributed by atoms with Crippen molar-refractivity contribution in [2.45, 2.75) is 45.4 Å². The Morgan fingerprint density at radius 2 is 2.00 bits per heavy atom. The minimum Gasteiger partial charge on any atom is -0.246 e. The summed E-state index contributed by atoms with van der Waals surface area (Å²) in [5.41, 5.74) is 1.20. The molecule has 0 aliphatic rings. The van der Waals surface area contributed by atoms with Crippen LogP contribution < -0.4 is 0 Å². The van der Waals surface area contributed by atoms with Gasteiger partial charge in [0.2, 0.25) is 0 Å². The van der Waals surface area contributed by atoms with Crippen molar-refractivity contribution < 1.29 is 0 Å². The van der Waals surface area contributed by atoms with Gasteiger partial charge >= 0.3 is 0 Å². The molecule has 14 heavy (non-hydrogen) atoms. The topological polar surface area (TPSA) is 12.9 Å². The largest absolute Gasteiger partial charge is 0.246 e. The highest BCUT2D eigenvalue weighted by atomic mass is 79.9. The Morgan fingerprint density at radius 3 is 2.43 bits per heavy atom. The Balaban J connectivity index is 2.46. The Bertz CT molecular complexity index is 274. The highest BCUT2D eigenvalue weighted by molar-refractivity contribution is 9.09. The van der Waals surface area contributed by atoms with Crippen LogP contribution in [0.3, 0.4) is 0 Å². The standard InChI is InChI=1S/C11H18BrNS/c1-7(2)10(12)5-6-11-13-8(3)9(4)14-11/h7,10H,5-6H2,1-4H3. The first-order valence-electron chi connectivity index (χ1n) is 5.07. The molecule has 0 aliphatic heterocycles. The van der Waals surface area contributed by atoms with Crippen molar-refractivity contribution in [3.63, 3.8) is 0 Å². The number of halogens is 1. The maximum atomic E-state index is 4.54. The number of thiazole rings is 1. The maximum Gasteiger partial charge on any atom is 0.0931 e. The van der Waals surface area contributed by atoms with E-state index in [9.17, 15) is 0 Å². The van der Waals surface area contributed by atoms with E-state index >= 15 is 0 Å². The molecule has 1 nitrogen and oxygen atoms in total. The molecule has 0 bridgehead atoms. The molecule has 0 spiro atoms. The van der Waals surface area contributed by atoms with Gasteiger partial charge in [-0.05, 0) is 26.2 Å². The Labute approximate surface area is 99.1 Å². The van der Waals surface area contributed by atoms with Gasteiger partial charge in [-0.1, -0.05) is 29.8 Å². The summed E-state index contributed by atoms with van der Waals surface area (Å²) in [6.07, 6.45) is 2.29. The molecule has 1 rings (SSSR count). The molecular weight excluding hydrogens is 258 g/mol. The minimum atomic E-state index is 0.618. The molecule has 3 heteroatoms. The first kappa shape index (κ1) is 12.2. The molecule has 0 saturated heterocycles. The van der Waals surface area contributed by atoms with Crippen molar-refractivity contribution in [1.29, 1.82) is 0 Å². The summed E-state index contributed by atoms with van der Waals surface area (Å²) >= 11 is 5.54. The highest BCUT2D eigenvalue weighted by Crippen LogP contribution is 2.22. The fraction of sp³-hybridized carbons (Fsp3) is 0.727. The monoisotopic (exact) mass is 275 g/mol. The van der Waals surface area contributed by atoms with Gasteiger partial charge in [-0.3, -0.25) is 0 Å². The molecule has 1 unspecified atom stereocenters. The number of aryl methyl sites for hydroxylation is 3. The zero-order chi connectivity index (χ0) is 10.7. The van der Waals surface area contributed by atoms with E-state index in [1.54, 1.807) is 0 Å². The minimum absolute atomic E-state index is 0.618. The molecule has 80 valence electrons. The van der Waals surface area contributed by atoms with Crippen LogP contribution in [-0.2, 0) is 6.42 Å². The number of aromatic nitrogens is 1. The van der Waals surface area contributed by atoms with Crippen LogP contribution in [0.2, 0.25) is 0 Å². The van der Waals surface area contributed by atoms with Gasteiger partial charge in [0.05, 0.1) is 10.7 Å². The average molecular weight is 276 g/mol. The van der Waals surface area contributed by atoms with E-state index in [0.717, 1.165) is 6.42 Å². The molecule has 1 heterocycles. The van der Waals surface area contributed by atoms with Crippen molar-refractivity contribution in [3.05, 3.63) is 15.6 Å². The van der Waals surface area contributed by atoms with Crippen LogP contribution in [0.1, 0.15) is 35.8 Å². The van der Waals surface area contributed by atoms with Crippen LogP contribution in [0.15, 0.2) is 0 Å². The van der Waals surface area contributed by atoms with Gasteiger partial charge < -0.3 is 0 Å². The van der Waals surface area contributed by atoms with Gasteiger partial charge in [-0.25, -0.2) is 4.98 Å². The highest BCUT2D eigenvalue weighted by Gasteiger charge is 2.10. The number of hydrogen-bond acceptors (Lipinski definition) is 2. The summed E-state index contributed by atoms with van der Waals surface area (Å²) in [6, 6.07) is 0. The van der Waals surface area contributed by atoms with Gasteiger partial charge in [0.1, 0.15) is 0 Å². The number of nitrogens with zero attached hydrogens (tertiary/aromatic N) is 1. The second kappa shape index (κ2) is 5.26. The maximum absolute atomic E-state index is 4.54. The lowest BCUT2D eigenvalue weighted by molar-refractivity contribution is 0.581. The number of rotatable bonds is 4. The molecular formula is C11H18BrNS. The second-order valence-electron chi connectivity index (χ2n) is 4.05. The van der Waals surface area contributed by atoms with E-state index in [2.05, 4.69) is 48.6 Å². The lowest BCUT2D eigenvalue weighted by Gasteiger charge is -2.11. The summed E-state index contributed by atoms with van der Waals surface area (Å²) in [5.74, 6) is 0.706. The van der Waals surface area contributed by atoms with E-state index < -0.39 is 0 Å². The lowest BCUT2D eigenvalue weighted by Crippen LogP contribution is -2.07. The predicted molar refractivity (Wildman–Crippen MR) is 67.5 cm³/mol. The SMILES string of the molecule is Cc1nc(CCC(Br)C(C)C)sc1C. The van der Waals surface area contributed by atoms with Gasteiger partial charge in [-0.15, -0.1) is 11.3 Å². The zero-order valence-corrected chi connectivity index (χ0v) is 11.7. The van der Waals surface area contributed by atoms with Crippen LogP contribution in [0.5, 0.6) is 0 Å². The van der Waals surface area contributed by atoms with Gasteiger partial charge in [-0.2, -0.15) is 0 Å². The van der Waals surface area contributed by atoms with Crippen LogP contribution >= 0.6 is 27.3 Å². The zero-order valence-electron chi connectivity index (χ0n) is 9.30. The third-order valence-electron chi connectivity index (χ3n) is 2.43. The average Bonchev–Trinajstić information content (AvgIpc) is 2.42. The molecule has 0 radical (unpaired) electrons. The predicted octanol–water partition coefficient (Wildman–Crippen LogP) is 4.11. The van der Waals surface area contributed by atoms with Crippen molar-refractivity contribution in [2.75, 3.05) is 0 Å². The molecule has 0 N–H and O–H groups in total. The smallest absolute Gasteiger partial charge is 0.0931 e. The van der Waals surface area contributed by atoms with E-state index in [0.29, 0.717) is 10.7 Å². The van der Waals surface area contributed by atoms with Gasteiger partial charge in [0.25, 0.3) is 0 Å². The third kappa shape index (κ3) is 3.35. The lowest BCUT2D eigenvalue weighted by atomic mass is 10.1. The summed E-state index contributed by atoms with van der Waals surface area (Å²) in [4.78, 5) is 6.51. The Kier molecular flexibility index (Phi) is 4.58. The molecule has 0 saturated carbocycles. The Morgan fingerprint density at radius 1 is 1.36 bits per heavy atom. The normalized spacial score (nSPS) is 13.6. The van der Waals surface area contributed by atoms with Crippen molar-refractivity contribution in [1.82, 2.24) is 4.98 Å². The van der Waals surface area contributed by atoms with Crippen molar-refractivity contribution in [3.8, 4) is 0 Å². The molecule has 0 fully saturated rings. The summed E-state index contributed by atoms with van der Waals surface area (Å²) < 4.78 is 0. The first-order valence-corrected chi connectivity index (χ1v) is 6.81. The summed E-state index contributed by atoms with van der Waals surface area (Å²) in [5, 5.41) is 1.28. The molecule has 0 amide bonds. The van der Waals surface area contributed by atoms with Crippen LogP contribution in [0, 0.1) is 19.8 Å². The van der Waals surface area contributed by atoms with Crippen molar-refractivity contribution >= 4 is 27.3 Å². The molecule has 1 atom stereocenters. The Hall–Kier alpha value is 0.110. The summed E-state index contributed by atoms with van der Waals surface area (Å²) in [6.45, 7) is 8.73. The van der Waals surface area contributed by atoms with E-state index in [4.69, 9.17) is 0 Å². The fourth-order valence-electron chi connectivity index (χ4n) is 1.24. The molecule has 1 aromatic heterocycles. The van der Waals surface area contributed by atoms with Crippen LogP contribution in [0.4, 0.5) is 0 Å². The fourth-order valence-corrected chi connectivity index (χ4v) is 2.42. The van der Waals surface area contributed by atoms with Crippen LogP contribution in [-0.4, -0.2) is 9.81 Å².